The summed E-state index contributed by atoms with van der Waals surface area (Å²) in [6, 6.07) is 8.28. The molecule has 1 atom stereocenters. The van der Waals surface area contributed by atoms with Crippen LogP contribution in [-0.2, 0) is 17.6 Å². The quantitative estimate of drug-likeness (QED) is 0.628. The third-order valence-corrected chi connectivity index (χ3v) is 5.67. The maximum absolute atomic E-state index is 12.8. The van der Waals surface area contributed by atoms with Gasteiger partial charge >= 0.3 is 5.63 Å². The number of aromatic hydroxyl groups is 1. The number of phenolic OH excluding ortho intramolecular Hbond substituents is 1. The zero-order valence-electron chi connectivity index (χ0n) is 17.1. The van der Waals surface area contributed by atoms with Gasteiger partial charge in [-0.25, -0.2) is 4.79 Å². The van der Waals surface area contributed by atoms with E-state index in [0.717, 1.165) is 24.0 Å². The smallest absolute Gasteiger partial charge is 0.340 e. The largest absolute Gasteiger partial charge is 0.508 e. The minimum Gasteiger partial charge on any atom is -0.508 e. The van der Waals surface area contributed by atoms with Crippen molar-refractivity contribution < 1.29 is 23.8 Å². The molecule has 7 nitrogen and oxygen atoms in total. The molecule has 4 rings (SSSR count). The second-order valence-electron chi connectivity index (χ2n) is 7.42. The molecule has 1 amide bonds. The van der Waals surface area contributed by atoms with Gasteiger partial charge in [0.2, 0.25) is 5.91 Å². The van der Waals surface area contributed by atoms with Crippen molar-refractivity contribution in [3.05, 3.63) is 63.0 Å². The van der Waals surface area contributed by atoms with Gasteiger partial charge in [-0.2, -0.15) is 0 Å². The molecule has 0 saturated heterocycles. The van der Waals surface area contributed by atoms with Gasteiger partial charge in [0.25, 0.3) is 0 Å². The first-order valence-electron chi connectivity index (χ1n) is 9.70. The first-order valence-corrected chi connectivity index (χ1v) is 9.70. The van der Waals surface area contributed by atoms with Gasteiger partial charge in [-0.05, 0) is 60.7 Å². The Morgan fingerprint density at radius 1 is 1.20 bits per heavy atom. The first-order chi connectivity index (χ1) is 14.4. The zero-order chi connectivity index (χ0) is 21.4. The first kappa shape index (κ1) is 19.8. The van der Waals surface area contributed by atoms with Crippen molar-refractivity contribution in [2.75, 3.05) is 14.2 Å². The molecule has 0 saturated carbocycles. The summed E-state index contributed by atoms with van der Waals surface area (Å²) >= 11 is 0. The monoisotopic (exact) mass is 409 g/mol. The summed E-state index contributed by atoms with van der Waals surface area (Å²) in [5.74, 6) is 1.05. The van der Waals surface area contributed by atoms with Crippen LogP contribution < -0.4 is 20.4 Å². The van der Waals surface area contributed by atoms with Crippen LogP contribution in [0.15, 0.2) is 39.5 Å². The van der Waals surface area contributed by atoms with Crippen LogP contribution >= 0.6 is 0 Å². The van der Waals surface area contributed by atoms with Gasteiger partial charge in [0, 0.05) is 11.5 Å². The van der Waals surface area contributed by atoms with E-state index in [0.29, 0.717) is 33.6 Å². The minimum atomic E-state index is -0.570. The van der Waals surface area contributed by atoms with Gasteiger partial charge in [0.15, 0.2) is 11.5 Å². The molecule has 1 aliphatic carbocycles. The van der Waals surface area contributed by atoms with Crippen molar-refractivity contribution in [1.29, 1.82) is 0 Å². The number of hydrogen-bond acceptors (Lipinski definition) is 6. The maximum Gasteiger partial charge on any atom is 0.340 e. The number of nitrogens with one attached hydrogen (secondary N) is 1. The molecular formula is C23H23NO6. The topological polar surface area (TPSA) is 98.0 Å². The molecule has 1 heterocycles. The Balaban J connectivity index is 1.57. The molecule has 0 bridgehead atoms. The van der Waals surface area contributed by atoms with Crippen LogP contribution in [0.25, 0.3) is 11.0 Å². The Labute approximate surface area is 173 Å². The van der Waals surface area contributed by atoms with Crippen molar-refractivity contribution in [3.63, 3.8) is 0 Å². The molecule has 156 valence electrons. The number of hydrogen-bond donors (Lipinski definition) is 2. The number of fused-ring (bicyclic) bond motifs is 2. The molecule has 1 aromatic heterocycles. The molecule has 0 radical (unpaired) electrons. The van der Waals surface area contributed by atoms with Crippen LogP contribution in [-0.4, -0.2) is 25.2 Å². The van der Waals surface area contributed by atoms with Crippen LogP contribution in [0.1, 0.15) is 34.7 Å². The highest BCUT2D eigenvalue weighted by atomic mass is 16.5. The lowest BCUT2D eigenvalue weighted by Crippen LogP contribution is -2.30. The molecule has 3 aromatic rings. The summed E-state index contributed by atoms with van der Waals surface area (Å²) in [5, 5.41) is 13.3. The SMILES string of the molecule is COc1cc2c(cc1OC)[C@@H](NC(=O)Cc1c(C)c3ccc(O)cc3oc1=O)CC2. The number of rotatable bonds is 5. The number of carbonyl (C=O) groups is 1. The van der Waals surface area contributed by atoms with Gasteiger partial charge in [0.05, 0.1) is 32.2 Å². The molecular weight excluding hydrogens is 386 g/mol. The van der Waals surface area contributed by atoms with E-state index in [1.54, 1.807) is 27.2 Å². The van der Waals surface area contributed by atoms with Gasteiger partial charge in [-0.3, -0.25) is 4.79 Å². The molecule has 2 aromatic carbocycles. The molecule has 0 fully saturated rings. The molecule has 0 aliphatic heterocycles. The number of ether oxygens (including phenoxy) is 2. The van der Waals surface area contributed by atoms with Gasteiger partial charge in [0.1, 0.15) is 11.3 Å². The number of aryl methyl sites for hydroxylation is 2. The Hall–Kier alpha value is -3.48. The molecule has 0 spiro atoms. The van der Waals surface area contributed by atoms with Gasteiger partial charge in [-0.1, -0.05) is 0 Å². The Kier molecular flexibility index (Phi) is 5.11. The van der Waals surface area contributed by atoms with E-state index in [2.05, 4.69) is 5.32 Å². The lowest BCUT2D eigenvalue weighted by molar-refractivity contribution is -0.121. The highest BCUT2D eigenvalue weighted by Gasteiger charge is 2.27. The Morgan fingerprint density at radius 2 is 1.93 bits per heavy atom. The van der Waals surface area contributed by atoms with Gasteiger partial charge in [-0.15, -0.1) is 0 Å². The molecule has 1 aliphatic rings. The van der Waals surface area contributed by atoms with Crippen molar-refractivity contribution >= 4 is 16.9 Å². The van der Waals surface area contributed by atoms with E-state index in [9.17, 15) is 14.7 Å². The van der Waals surface area contributed by atoms with Crippen LogP contribution in [0, 0.1) is 6.92 Å². The average molecular weight is 409 g/mol. The highest BCUT2D eigenvalue weighted by Crippen LogP contribution is 2.39. The second-order valence-corrected chi connectivity index (χ2v) is 7.42. The average Bonchev–Trinajstić information content (AvgIpc) is 3.11. The second kappa shape index (κ2) is 7.74. The molecule has 2 N–H and O–H groups in total. The van der Waals surface area contributed by atoms with E-state index in [-0.39, 0.29) is 24.1 Å². The lowest BCUT2D eigenvalue weighted by atomic mass is 10.0. The Morgan fingerprint density at radius 3 is 2.67 bits per heavy atom. The normalized spacial score (nSPS) is 15.1. The summed E-state index contributed by atoms with van der Waals surface area (Å²) in [4.78, 5) is 25.2. The number of phenols is 1. The van der Waals surface area contributed by atoms with Crippen molar-refractivity contribution in [3.8, 4) is 17.2 Å². The fourth-order valence-corrected chi connectivity index (χ4v) is 4.08. The summed E-state index contributed by atoms with van der Waals surface area (Å²) in [5.41, 5.74) is 2.83. The fourth-order valence-electron chi connectivity index (χ4n) is 4.08. The summed E-state index contributed by atoms with van der Waals surface area (Å²) < 4.78 is 16.0. The minimum absolute atomic E-state index is 0.0162. The van der Waals surface area contributed by atoms with E-state index in [1.807, 2.05) is 12.1 Å². The fraction of sp³-hybridized carbons (Fsp3) is 0.304. The zero-order valence-corrected chi connectivity index (χ0v) is 17.1. The Bertz CT molecular complexity index is 1200. The van der Waals surface area contributed by atoms with Crippen LogP contribution in [0.4, 0.5) is 0 Å². The van der Waals surface area contributed by atoms with Crippen LogP contribution in [0.2, 0.25) is 0 Å². The van der Waals surface area contributed by atoms with Crippen LogP contribution in [0.3, 0.4) is 0 Å². The van der Waals surface area contributed by atoms with Crippen molar-refractivity contribution in [2.45, 2.75) is 32.2 Å². The highest BCUT2D eigenvalue weighted by molar-refractivity contribution is 5.85. The maximum atomic E-state index is 12.8. The number of benzene rings is 2. The number of methoxy groups -OCH3 is 2. The van der Waals surface area contributed by atoms with E-state index < -0.39 is 5.63 Å². The van der Waals surface area contributed by atoms with Crippen molar-refractivity contribution in [1.82, 2.24) is 5.32 Å². The predicted molar refractivity (Wildman–Crippen MR) is 111 cm³/mol. The van der Waals surface area contributed by atoms with E-state index in [4.69, 9.17) is 13.9 Å². The standard InChI is InChI=1S/C23H23NO6/c1-12-15-6-5-14(25)9-19(15)30-23(27)16(12)11-22(26)24-18-7-4-13-8-20(28-2)21(29-3)10-17(13)18/h5-6,8-10,18,25H,4,7,11H2,1-3H3,(H,24,26)/t18-/m0/s1. The summed E-state index contributed by atoms with van der Waals surface area (Å²) in [7, 11) is 3.17. The van der Waals surface area contributed by atoms with E-state index in [1.165, 1.54) is 12.1 Å². The van der Waals surface area contributed by atoms with Gasteiger partial charge < -0.3 is 24.3 Å². The third-order valence-electron chi connectivity index (χ3n) is 5.67. The lowest BCUT2D eigenvalue weighted by Gasteiger charge is -2.16. The summed E-state index contributed by atoms with van der Waals surface area (Å²) in [6.07, 6.45) is 1.51. The van der Waals surface area contributed by atoms with Crippen molar-refractivity contribution in [2.24, 2.45) is 0 Å². The number of carbonyl (C=O) groups excluding carboxylic acids is 1. The predicted octanol–water partition coefficient (Wildman–Crippen LogP) is 3.17. The molecule has 7 heteroatoms. The summed E-state index contributed by atoms with van der Waals surface area (Å²) in [6.45, 7) is 1.78. The van der Waals surface area contributed by atoms with Crippen LogP contribution in [0.5, 0.6) is 17.2 Å². The van der Waals surface area contributed by atoms with E-state index >= 15 is 0 Å². The number of amides is 1. The molecule has 30 heavy (non-hydrogen) atoms. The third kappa shape index (κ3) is 3.47. The molecule has 0 unspecified atom stereocenters.